The summed E-state index contributed by atoms with van der Waals surface area (Å²) in [6.45, 7) is 0. The Balaban J connectivity index is 1.89. The number of nitrogens with zero attached hydrogens (tertiary/aromatic N) is 1. The number of halogens is 1. The van der Waals surface area contributed by atoms with Crippen LogP contribution in [0.3, 0.4) is 0 Å². The first-order valence-electron chi connectivity index (χ1n) is 7.87. The lowest BCUT2D eigenvalue weighted by atomic mass is 10.1. The third-order valence-electron chi connectivity index (χ3n) is 3.89. The monoisotopic (exact) mass is 406 g/mol. The van der Waals surface area contributed by atoms with Crippen LogP contribution in [-0.4, -0.2) is 13.0 Å². The Hall–Kier alpha value is -3.10. The SMILES string of the molecule is COc1ccc(C=C(C#N)C(=O)Nc2cccc3ccccc23)cc1Br. The molecule has 0 heterocycles. The highest BCUT2D eigenvalue weighted by molar-refractivity contribution is 9.10. The highest BCUT2D eigenvalue weighted by Gasteiger charge is 2.11. The smallest absolute Gasteiger partial charge is 0.266 e. The van der Waals surface area contributed by atoms with Crippen molar-refractivity contribution in [1.29, 1.82) is 5.26 Å². The molecule has 0 atom stereocenters. The van der Waals surface area contributed by atoms with Crippen LogP contribution in [-0.2, 0) is 4.79 Å². The van der Waals surface area contributed by atoms with Gasteiger partial charge in [-0.25, -0.2) is 0 Å². The summed E-state index contributed by atoms with van der Waals surface area (Å²) in [5.74, 6) is 0.233. The summed E-state index contributed by atoms with van der Waals surface area (Å²) in [7, 11) is 1.58. The van der Waals surface area contributed by atoms with E-state index in [9.17, 15) is 10.1 Å². The van der Waals surface area contributed by atoms with Crippen LogP contribution in [0.4, 0.5) is 5.69 Å². The Morgan fingerprint density at radius 3 is 2.65 bits per heavy atom. The molecule has 0 saturated carbocycles. The standard InChI is InChI=1S/C21H15BrN2O2/c1-26-20-10-9-14(12-18(20)22)11-16(13-23)21(25)24-19-8-4-6-15-5-2-3-7-17(15)19/h2-12H,1H3,(H,24,25). The molecular weight excluding hydrogens is 392 g/mol. The molecule has 0 aliphatic heterocycles. The van der Waals surface area contributed by atoms with Gasteiger partial charge in [-0.1, -0.05) is 42.5 Å². The van der Waals surface area contributed by atoms with Crippen LogP contribution >= 0.6 is 15.9 Å². The van der Waals surface area contributed by atoms with E-state index in [2.05, 4.69) is 21.2 Å². The fourth-order valence-corrected chi connectivity index (χ4v) is 3.17. The molecule has 3 aromatic rings. The number of fused-ring (bicyclic) bond motifs is 1. The molecule has 128 valence electrons. The van der Waals surface area contributed by atoms with Gasteiger partial charge in [0.25, 0.3) is 5.91 Å². The van der Waals surface area contributed by atoms with E-state index >= 15 is 0 Å². The molecule has 3 aromatic carbocycles. The van der Waals surface area contributed by atoms with Crippen molar-refractivity contribution in [3.63, 3.8) is 0 Å². The normalized spacial score (nSPS) is 11.0. The second kappa shape index (κ2) is 7.85. The number of amides is 1. The lowest BCUT2D eigenvalue weighted by molar-refractivity contribution is -0.112. The van der Waals surface area contributed by atoms with Crippen molar-refractivity contribution in [2.24, 2.45) is 0 Å². The summed E-state index contributed by atoms with van der Waals surface area (Å²) in [5, 5.41) is 14.2. The van der Waals surface area contributed by atoms with Crippen molar-refractivity contribution in [3.05, 3.63) is 76.3 Å². The molecule has 3 rings (SSSR count). The van der Waals surface area contributed by atoms with Crippen molar-refractivity contribution in [2.75, 3.05) is 12.4 Å². The average molecular weight is 407 g/mol. The molecule has 26 heavy (non-hydrogen) atoms. The van der Waals surface area contributed by atoms with Gasteiger partial charge in [0, 0.05) is 11.1 Å². The van der Waals surface area contributed by atoms with Crippen LogP contribution in [0.5, 0.6) is 5.75 Å². The number of ether oxygens (including phenoxy) is 1. The van der Waals surface area contributed by atoms with E-state index in [1.165, 1.54) is 0 Å². The Labute approximate surface area is 159 Å². The highest BCUT2D eigenvalue weighted by atomic mass is 79.9. The van der Waals surface area contributed by atoms with Gasteiger partial charge in [-0.15, -0.1) is 0 Å². The number of carbonyl (C=O) groups excluding carboxylic acids is 1. The van der Waals surface area contributed by atoms with Gasteiger partial charge in [-0.3, -0.25) is 4.79 Å². The maximum Gasteiger partial charge on any atom is 0.266 e. The summed E-state index contributed by atoms with van der Waals surface area (Å²) >= 11 is 3.40. The van der Waals surface area contributed by atoms with Gasteiger partial charge in [-0.05, 0) is 51.2 Å². The van der Waals surface area contributed by atoms with Crippen LogP contribution in [0.15, 0.2) is 70.7 Å². The predicted molar refractivity (Wildman–Crippen MR) is 107 cm³/mol. The number of rotatable bonds is 4. The van der Waals surface area contributed by atoms with Gasteiger partial charge < -0.3 is 10.1 Å². The Kier molecular flexibility index (Phi) is 5.35. The van der Waals surface area contributed by atoms with E-state index in [0.29, 0.717) is 11.4 Å². The topological polar surface area (TPSA) is 62.1 Å². The van der Waals surface area contributed by atoms with E-state index in [1.54, 1.807) is 31.4 Å². The molecule has 0 bridgehead atoms. The predicted octanol–water partition coefficient (Wildman–Crippen LogP) is 5.16. The summed E-state index contributed by atoms with van der Waals surface area (Å²) in [4.78, 5) is 12.6. The first-order chi connectivity index (χ1) is 12.6. The van der Waals surface area contributed by atoms with E-state index in [1.807, 2.05) is 48.5 Å². The number of anilines is 1. The lowest BCUT2D eigenvalue weighted by Gasteiger charge is -2.08. The fraction of sp³-hybridized carbons (Fsp3) is 0.0476. The minimum Gasteiger partial charge on any atom is -0.496 e. The van der Waals surface area contributed by atoms with E-state index in [-0.39, 0.29) is 5.57 Å². The van der Waals surface area contributed by atoms with E-state index < -0.39 is 5.91 Å². The summed E-state index contributed by atoms with van der Waals surface area (Å²) in [6, 6.07) is 20.7. The van der Waals surface area contributed by atoms with Gasteiger partial charge in [0.1, 0.15) is 17.4 Å². The van der Waals surface area contributed by atoms with Crippen molar-refractivity contribution in [1.82, 2.24) is 0 Å². The average Bonchev–Trinajstić information content (AvgIpc) is 2.66. The number of benzene rings is 3. The van der Waals surface area contributed by atoms with Crippen molar-refractivity contribution >= 4 is 44.4 Å². The molecular formula is C21H15BrN2O2. The third kappa shape index (κ3) is 3.76. The molecule has 0 fully saturated rings. The van der Waals surface area contributed by atoms with Gasteiger partial charge in [0.15, 0.2) is 0 Å². The lowest BCUT2D eigenvalue weighted by Crippen LogP contribution is -2.13. The molecule has 0 unspecified atom stereocenters. The minimum absolute atomic E-state index is 0.0231. The van der Waals surface area contributed by atoms with E-state index in [4.69, 9.17) is 4.74 Å². The Bertz CT molecular complexity index is 1050. The quantitative estimate of drug-likeness (QED) is 0.480. The Morgan fingerprint density at radius 1 is 1.15 bits per heavy atom. The number of nitriles is 1. The van der Waals surface area contributed by atoms with Crippen LogP contribution in [0, 0.1) is 11.3 Å². The van der Waals surface area contributed by atoms with Crippen molar-refractivity contribution in [2.45, 2.75) is 0 Å². The molecule has 4 nitrogen and oxygen atoms in total. The maximum absolute atomic E-state index is 12.6. The third-order valence-corrected chi connectivity index (χ3v) is 4.51. The van der Waals surface area contributed by atoms with Crippen LogP contribution < -0.4 is 10.1 Å². The zero-order valence-corrected chi connectivity index (χ0v) is 15.6. The molecule has 0 aliphatic rings. The first kappa shape index (κ1) is 17.7. The van der Waals surface area contributed by atoms with Gasteiger partial charge in [0.2, 0.25) is 0 Å². The highest BCUT2D eigenvalue weighted by Crippen LogP contribution is 2.27. The molecule has 1 N–H and O–H groups in total. The molecule has 0 spiro atoms. The largest absolute Gasteiger partial charge is 0.496 e. The molecule has 0 saturated heterocycles. The zero-order chi connectivity index (χ0) is 18.5. The number of methoxy groups -OCH3 is 1. The molecule has 1 amide bonds. The fourth-order valence-electron chi connectivity index (χ4n) is 2.61. The summed E-state index contributed by atoms with van der Waals surface area (Å²) < 4.78 is 5.94. The van der Waals surface area contributed by atoms with Crippen molar-refractivity contribution in [3.8, 4) is 11.8 Å². The van der Waals surface area contributed by atoms with Crippen LogP contribution in [0.1, 0.15) is 5.56 Å². The van der Waals surface area contributed by atoms with Crippen molar-refractivity contribution < 1.29 is 9.53 Å². The first-order valence-corrected chi connectivity index (χ1v) is 8.66. The summed E-state index contributed by atoms with van der Waals surface area (Å²) in [6.07, 6.45) is 1.55. The molecule has 5 heteroatoms. The van der Waals surface area contributed by atoms with Gasteiger partial charge in [0.05, 0.1) is 11.6 Å². The number of hydrogen-bond acceptors (Lipinski definition) is 3. The minimum atomic E-state index is -0.448. The molecule has 0 aromatic heterocycles. The second-order valence-corrected chi connectivity index (χ2v) is 6.40. The number of hydrogen-bond donors (Lipinski definition) is 1. The zero-order valence-electron chi connectivity index (χ0n) is 14.0. The van der Waals surface area contributed by atoms with Crippen LogP contribution in [0.2, 0.25) is 0 Å². The number of nitrogens with one attached hydrogen (secondary N) is 1. The summed E-state index contributed by atoms with van der Waals surface area (Å²) in [5.41, 5.74) is 1.42. The number of carbonyl (C=O) groups is 1. The van der Waals surface area contributed by atoms with E-state index in [0.717, 1.165) is 20.8 Å². The Morgan fingerprint density at radius 2 is 1.92 bits per heavy atom. The second-order valence-electron chi connectivity index (χ2n) is 5.54. The van der Waals surface area contributed by atoms with Gasteiger partial charge in [-0.2, -0.15) is 5.26 Å². The molecule has 0 aliphatic carbocycles. The molecule has 0 radical (unpaired) electrons. The van der Waals surface area contributed by atoms with Gasteiger partial charge >= 0.3 is 0 Å². The maximum atomic E-state index is 12.6. The van der Waals surface area contributed by atoms with Crippen LogP contribution in [0.25, 0.3) is 16.8 Å².